The van der Waals surface area contributed by atoms with Crippen LogP contribution < -0.4 is 0 Å². The fourth-order valence-corrected chi connectivity index (χ4v) is 15.2. The molecule has 0 saturated heterocycles. The SMILES string of the molecule is FC(F)(F)c1cc[c-]c(-c2nc3ccc4c(-c5ccccc5)nc(-c5ccccc5)c5ccc(n2)c3c45)c1.FC(F)(F)c1cc[c-]c(-c2nc3ccc4c(-c5ccccc5)nc(-c5ccccc5)c5ccc(n2)c3c45)c1.FC(F)(F)c1cc[c-]c(-c2nc3ccc4c(-c5ccccc5)nc(-c5ccccc5)c5ccc(n2)c3c45)c1.[Ir]. The first-order chi connectivity index (χ1) is 55.4. The van der Waals surface area contributed by atoms with E-state index in [1.54, 1.807) is 0 Å². The standard InChI is InChI=1S/3C32H17F3N3.Ir/c3*33-32(34,35)22-13-7-12-21(18-22)31-36-25-16-14-23-27-24(15-17-26(37-31)28(25)27)30(20-10-5-2-6-11-20)38-29(23)19-8-3-1-4-9-19;/h3*1-11,13-18H;/q3*-1;. The van der Waals surface area contributed by atoms with Crippen molar-refractivity contribution in [1.82, 2.24) is 44.9 Å². The molecule has 0 fully saturated rings. The molecular formula is C96H51F9IrN9-3. The minimum Gasteiger partial charge on any atom is -0.277 e. The molecule has 0 bridgehead atoms. The predicted molar refractivity (Wildman–Crippen MR) is 431 cm³/mol. The number of hydrogen-bond donors (Lipinski definition) is 0. The molecule has 6 aromatic heterocycles. The number of alkyl halides is 9. The summed E-state index contributed by atoms with van der Waals surface area (Å²) in [5, 5.41) is 11.3. The molecule has 19 heteroatoms. The van der Waals surface area contributed by atoms with Crippen molar-refractivity contribution >= 4 is 97.7 Å². The van der Waals surface area contributed by atoms with Crippen LogP contribution in [0.3, 0.4) is 0 Å². The maximum atomic E-state index is 13.3. The topological polar surface area (TPSA) is 116 Å². The van der Waals surface area contributed by atoms with Crippen LogP contribution >= 0.6 is 0 Å². The van der Waals surface area contributed by atoms with Crippen molar-refractivity contribution in [2.75, 3.05) is 0 Å². The van der Waals surface area contributed by atoms with Gasteiger partial charge in [-0.2, -0.15) is 39.5 Å². The zero-order valence-electron chi connectivity index (χ0n) is 59.7. The molecule has 15 aromatic carbocycles. The van der Waals surface area contributed by atoms with Crippen molar-refractivity contribution in [3.05, 3.63) is 344 Å². The third-order valence-corrected chi connectivity index (χ3v) is 20.3. The smallest absolute Gasteiger partial charge is 0.277 e. The van der Waals surface area contributed by atoms with E-state index in [1.807, 2.05) is 255 Å². The average molecular weight is 1690 g/mol. The summed E-state index contributed by atoms with van der Waals surface area (Å²) >= 11 is 0. The van der Waals surface area contributed by atoms with Crippen LogP contribution in [0.5, 0.6) is 0 Å². The van der Waals surface area contributed by atoms with E-state index in [0.29, 0.717) is 33.1 Å². The van der Waals surface area contributed by atoms with Gasteiger partial charge in [0, 0.05) is 118 Å². The molecule has 0 atom stereocenters. The van der Waals surface area contributed by atoms with Crippen molar-refractivity contribution in [2.45, 2.75) is 18.5 Å². The Morgan fingerprint density at radius 2 is 0.383 bits per heavy atom. The van der Waals surface area contributed by atoms with Gasteiger partial charge in [0.1, 0.15) is 0 Å². The van der Waals surface area contributed by atoms with Crippen molar-refractivity contribution in [1.29, 1.82) is 0 Å². The largest absolute Gasteiger partial charge is 0.399 e. The number of pyridine rings is 3. The monoisotopic (exact) mass is 1690 g/mol. The maximum absolute atomic E-state index is 13.3. The van der Waals surface area contributed by atoms with E-state index in [-0.39, 0.29) is 54.3 Å². The fourth-order valence-electron chi connectivity index (χ4n) is 15.2. The van der Waals surface area contributed by atoms with Crippen LogP contribution in [0.2, 0.25) is 0 Å². The van der Waals surface area contributed by atoms with Gasteiger partial charge in [0.25, 0.3) is 0 Å². The van der Waals surface area contributed by atoms with Gasteiger partial charge in [-0.05, 0) is 53.1 Å². The summed E-state index contributed by atoms with van der Waals surface area (Å²) in [4.78, 5) is 43.6. The third kappa shape index (κ3) is 13.4. The van der Waals surface area contributed by atoms with Crippen LogP contribution in [0.15, 0.2) is 309 Å². The van der Waals surface area contributed by atoms with Gasteiger partial charge in [-0.15, -0.1) is 89.5 Å². The molecule has 0 N–H and O–H groups in total. The summed E-state index contributed by atoms with van der Waals surface area (Å²) in [6.07, 6.45) is -13.4. The second-order valence-corrected chi connectivity index (χ2v) is 27.3. The summed E-state index contributed by atoms with van der Waals surface area (Å²) in [5.74, 6) is 0.602. The Kier molecular flexibility index (Phi) is 18.3. The molecule has 0 saturated carbocycles. The maximum Gasteiger partial charge on any atom is 0.399 e. The Bertz CT molecular complexity index is 6220. The number of aromatic nitrogens is 9. The Hall–Kier alpha value is -13.9. The summed E-state index contributed by atoms with van der Waals surface area (Å²) in [6.45, 7) is 0. The molecule has 0 aliphatic heterocycles. The van der Waals surface area contributed by atoms with Crippen molar-refractivity contribution in [3.63, 3.8) is 0 Å². The first-order valence-corrected chi connectivity index (χ1v) is 36.1. The minimum absolute atomic E-state index is 0. The van der Waals surface area contributed by atoms with Gasteiger partial charge >= 0.3 is 18.5 Å². The molecule has 0 amide bonds. The van der Waals surface area contributed by atoms with E-state index in [0.717, 1.165) is 169 Å². The van der Waals surface area contributed by atoms with E-state index in [1.165, 1.54) is 18.2 Å². The van der Waals surface area contributed by atoms with Gasteiger partial charge in [0.05, 0.1) is 84.7 Å². The van der Waals surface area contributed by atoms with E-state index < -0.39 is 35.2 Å². The Labute approximate surface area is 662 Å². The zero-order chi connectivity index (χ0) is 77.6. The number of halogens is 9. The number of hydrogen-bond acceptors (Lipinski definition) is 9. The average Bonchev–Trinajstić information content (AvgIpc) is 0.729. The van der Waals surface area contributed by atoms with Gasteiger partial charge < -0.3 is 0 Å². The van der Waals surface area contributed by atoms with Crippen LogP contribution in [0.4, 0.5) is 39.5 Å². The molecule has 115 heavy (non-hydrogen) atoms. The molecular weight excluding hydrogens is 1640 g/mol. The van der Waals surface area contributed by atoms with Crippen LogP contribution in [0, 0.1) is 18.2 Å². The molecule has 0 unspecified atom stereocenters. The van der Waals surface area contributed by atoms with Gasteiger partial charge in [-0.3, -0.25) is 29.9 Å². The first kappa shape index (κ1) is 72.7. The summed E-state index contributed by atoms with van der Waals surface area (Å²) in [7, 11) is 0. The minimum atomic E-state index is -4.46. The van der Waals surface area contributed by atoms with E-state index in [9.17, 15) is 39.5 Å². The van der Waals surface area contributed by atoms with E-state index in [2.05, 4.69) is 18.2 Å². The van der Waals surface area contributed by atoms with Crippen LogP contribution in [0.1, 0.15) is 16.7 Å². The quantitative estimate of drug-likeness (QED) is 0.0791. The van der Waals surface area contributed by atoms with Crippen molar-refractivity contribution < 1.29 is 59.6 Å². The Morgan fingerprint density at radius 3 is 0.557 bits per heavy atom. The molecule has 555 valence electrons. The van der Waals surface area contributed by atoms with Gasteiger partial charge in [0.2, 0.25) is 0 Å². The summed E-state index contributed by atoms with van der Waals surface area (Å²) < 4.78 is 120. The van der Waals surface area contributed by atoms with Crippen molar-refractivity contribution in [3.8, 4) is 102 Å². The second kappa shape index (κ2) is 29.0. The van der Waals surface area contributed by atoms with Gasteiger partial charge in [0.15, 0.2) is 0 Å². The molecule has 0 spiro atoms. The molecule has 6 heterocycles. The summed E-state index contributed by atoms with van der Waals surface area (Å²) in [5.41, 5.74) is 13.2. The number of rotatable bonds is 9. The van der Waals surface area contributed by atoms with E-state index >= 15 is 0 Å². The molecule has 21 aromatic rings. The predicted octanol–water partition coefficient (Wildman–Crippen LogP) is 25.8. The third-order valence-electron chi connectivity index (χ3n) is 20.3. The van der Waals surface area contributed by atoms with Gasteiger partial charge in [-0.25, -0.2) is 15.0 Å². The number of nitrogens with zero attached hydrogens (tertiary/aromatic N) is 9. The molecule has 1 radical (unpaired) electrons. The van der Waals surface area contributed by atoms with Crippen LogP contribution in [-0.4, -0.2) is 44.9 Å². The Balaban J connectivity index is 0.000000119. The summed E-state index contributed by atoms with van der Waals surface area (Å²) in [6, 6.07) is 102. The number of benzene rings is 15. The fraction of sp³-hybridized carbons (Fsp3) is 0.0312. The first-order valence-electron chi connectivity index (χ1n) is 36.1. The van der Waals surface area contributed by atoms with Crippen LogP contribution in [-0.2, 0) is 38.6 Å². The molecule has 21 rings (SSSR count). The van der Waals surface area contributed by atoms with Crippen molar-refractivity contribution in [2.24, 2.45) is 0 Å². The molecule has 0 aliphatic rings. The molecule has 0 aliphatic carbocycles. The normalized spacial score (nSPS) is 12.0. The second-order valence-electron chi connectivity index (χ2n) is 27.3. The Morgan fingerprint density at radius 1 is 0.200 bits per heavy atom. The van der Waals surface area contributed by atoms with Gasteiger partial charge in [-0.1, -0.05) is 218 Å². The zero-order valence-corrected chi connectivity index (χ0v) is 62.1. The molecule has 9 nitrogen and oxygen atoms in total. The van der Waals surface area contributed by atoms with E-state index in [4.69, 9.17) is 44.9 Å². The van der Waals surface area contributed by atoms with Crippen LogP contribution in [0.25, 0.3) is 199 Å².